The molecule has 4 heteroatoms. The minimum atomic E-state index is 0. The minimum absolute atomic E-state index is 0. The molecule has 0 saturated carbocycles. The van der Waals surface area contributed by atoms with E-state index < -0.39 is 0 Å². The van der Waals surface area contributed by atoms with Crippen LogP contribution in [0.15, 0.2) is 11.6 Å². The third-order valence-corrected chi connectivity index (χ3v) is 2.86. The van der Waals surface area contributed by atoms with Crippen LogP contribution in [0, 0.1) is 0 Å². The zero-order chi connectivity index (χ0) is 9.64. The predicted molar refractivity (Wildman–Crippen MR) is 58.0 cm³/mol. The average molecular weight is 230 g/mol. The summed E-state index contributed by atoms with van der Waals surface area (Å²) >= 11 is 0. The third kappa shape index (κ3) is 4.12. The summed E-state index contributed by atoms with van der Waals surface area (Å²) in [6, 6.07) is 0. The normalized spacial score (nSPS) is 19.7. The number of halogens is 1. The lowest BCUT2D eigenvalue weighted by molar-refractivity contribution is -0.446. The van der Waals surface area contributed by atoms with E-state index in [-0.39, 0.29) is 12.4 Å². The van der Waals surface area contributed by atoms with E-state index in [4.69, 9.17) is 0 Å². The Morgan fingerprint density at radius 2 is 2.33 bits per heavy atom. The van der Waals surface area contributed by atoms with Crippen molar-refractivity contribution in [1.82, 2.24) is 10.6 Å². The van der Waals surface area contributed by atoms with Crippen LogP contribution in [0.3, 0.4) is 0 Å². The third-order valence-electron chi connectivity index (χ3n) is 2.86. The maximum Gasteiger partial charge on any atom is 0.343 e. The van der Waals surface area contributed by atoms with Crippen molar-refractivity contribution in [2.75, 3.05) is 19.6 Å². The average Bonchev–Trinajstić information content (AvgIpc) is 2.72. The van der Waals surface area contributed by atoms with Crippen LogP contribution in [-0.4, -0.2) is 25.6 Å². The van der Waals surface area contributed by atoms with Gasteiger partial charge in [0.25, 0.3) is 0 Å². The molecule has 0 atom stereocenters. The molecule has 0 aromatic rings. The molecule has 0 bridgehead atoms. The van der Waals surface area contributed by atoms with Gasteiger partial charge >= 0.3 is 5.96 Å². The first-order valence-corrected chi connectivity index (χ1v) is 5.71. The van der Waals surface area contributed by atoms with Crippen LogP contribution < -0.4 is 28.0 Å². The molecule has 0 spiro atoms. The van der Waals surface area contributed by atoms with Gasteiger partial charge in [0.05, 0.1) is 19.6 Å². The Bertz CT molecular complexity index is 248. The zero-order valence-corrected chi connectivity index (χ0v) is 9.87. The number of hydrogen-bond acceptors (Lipinski definition) is 2. The molecule has 0 fully saturated rings. The predicted octanol–water partition coefficient (Wildman–Crippen LogP) is -3.49. The van der Waals surface area contributed by atoms with Gasteiger partial charge in [-0.3, -0.25) is 15.6 Å². The van der Waals surface area contributed by atoms with Gasteiger partial charge in [-0.05, 0) is 32.1 Å². The molecule has 86 valence electrons. The highest BCUT2D eigenvalue weighted by Crippen LogP contribution is 2.19. The molecule has 2 rings (SSSR count). The van der Waals surface area contributed by atoms with Gasteiger partial charge in [-0.25, -0.2) is 0 Å². The van der Waals surface area contributed by atoms with Gasteiger partial charge in [0.15, 0.2) is 0 Å². The Labute approximate surface area is 97.8 Å². The topological polar surface area (TPSA) is 38.0 Å². The van der Waals surface area contributed by atoms with E-state index in [2.05, 4.69) is 21.7 Å². The van der Waals surface area contributed by atoms with E-state index >= 15 is 0 Å². The molecular formula is C11H20ClN3. The first-order valence-electron chi connectivity index (χ1n) is 5.71. The van der Waals surface area contributed by atoms with Crippen molar-refractivity contribution >= 4 is 5.96 Å². The van der Waals surface area contributed by atoms with Crippen LogP contribution in [0.4, 0.5) is 0 Å². The fourth-order valence-electron chi connectivity index (χ4n) is 2.04. The zero-order valence-electron chi connectivity index (χ0n) is 9.11. The first-order chi connectivity index (χ1) is 6.95. The maximum atomic E-state index is 3.38. The Balaban J connectivity index is 0.00000112. The Morgan fingerprint density at radius 3 is 3.00 bits per heavy atom. The number of allylic oxidation sites excluding steroid dienone is 1. The van der Waals surface area contributed by atoms with Gasteiger partial charge in [0, 0.05) is 0 Å². The van der Waals surface area contributed by atoms with Crippen LogP contribution in [0.5, 0.6) is 0 Å². The van der Waals surface area contributed by atoms with Crippen LogP contribution in [0.2, 0.25) is 0 Å². The molecule has 2 aliphatic rings. The van der Waals surface area contributed by atoms with Gasteiger partial charge in [-0.15, -0.1) is 0 Å². The highest BCUT2D eigenvalue weighted by molar-refractivity contribution is 5.74. The smallest absolute Gasteiger partial charge is 0.343 e. The molecule has 0 unspecified atom stereocenters. The lowest BCUT2D eigenvalue weighted by atomic mass is 9.97. The Morgan fingerprint density at radius 1 is 1.40 bits per heavy atom. The molecule has 1 aliphatic carbocycles. The summed E-state index contributed by atoms with van der Waals surface area (Å²) in [6.07, 6.45) is 9.01. The molecule has 3 nitrogen and oxygen atoms in total. The minimum Gasteiger partial charge on any atom is -1.00 e. The van der Waals surface area contributed by atoms with Crippen molar-refractivity contribution in [2.24, 2.45) is 0 Å². The van der Waals surface area contributed by atoms with Crippen LogP contribution in [0.25, 0.3) is 0 Å². The number of nitrogens with one attached hydrogen (secondary N) is 3. The van der Waals surface area contributed by atoms with Crippen molar-refractivity contribution in [1.29, 1.82) is 0 Å². The molecular weight excluding hydrogens is 210 g/mol. The van der Waals surface area contributed by atoms with Crippen molar-refractivity contribution in [3.05, 3.63) is 11.6 Å². The summed E-state index contributed by atoms with van der Waals surface area (Å²) in [4.78, 5) is 3.27. The van der Waals surface area contributed by atoms with Gasteiger partial charge < -0.3 is 12.4 Å². The summed E-state index contributed by atoms with van der Waals surface area (Å²) in [5, 5.41) is 6.65. The molecule has 0 aromatic carbocycles. The summed E-state index contributed by atoms with van der Waals surface area (Å²) < 4.78 is 0. The molecule has 0 aromatic heterocycles. The summed E-state index contributed by atoms with van der Waals surface area (Å²) in [5.74, 6) is 1.11. The lowest BCUT2D eigenvalue weighted by Crippen LogP contribution is -3.00. The number of guanidine groups is 1. The standard InChI is InChI=1S/C11H19N3.ClH/c1-2-4-10(5-3-1)6-7-12-11-13-8-9-14-11;/h4H,1-3,5-9H2,(H2,12,13,14);1H. The van der Waals surface area contributed by atoms with Gasteiger partial charge in [-0.1, -0.05) is 11.6 Å². The first kappa shape index (κ1) is 12.4. The van der Waals surface area contributed by atoms with Crippen molar-refractivity contribution in [2.45, 2.75) is 32.1 Å². The quantitative estimate of drug-likeness (QED) is 0.440. The maximum absolute atomic E-state index is 3.38. The molecule has 15 heavy (non-hydrogen) atoms. The van der Waals surface area contributed by atoms with Gasteiger partial charge in [0.1, 0.15) is 0 Å². The lowest BCUT2D eigenvalue weighted by Gasteiger charge is -2.11. The molecule has 0 saturated heterocycles. The highest BCUT2D eigenvalue weighted by Gasteiger charge is 2.10. The van der Waals surface area contributed by atoms with Crippen molar-refractivity contribution < 1.29 is 17.4 Å². The van der Waals surface area contributed by atoms with Crippen LogP contribution >= 0.6 is 0 Å². The van der Waals surface area contributed by atoms with Crippen molar-refractivity contribution in [3.63, 3.8) is 0 Å². The van der Waals surface area contributed by atoms with Crippen LogP contribution in [-0.2, 0) is 0 Å². The highest BCUT2D eigenvalue weighted by atomic mass is 35.5. The fraction of sp³-hybridized carbons (Fsp3) is 0.727. The monoisotopic (exact) mass is 229 g/mol. The van der Waals surface area contributed by atoms with E-state index in [0.29, 0.717) is 0 Å². The second-order valence-electron chi connectivity index (χ2n) is 4.01. The summed E-state index contributed by atoms with van der Waals surface area (Å²) in [6.45, 7) is 3.15. The van der Waals surface area contributed by atoms with E-state index in [1.54, 1.807) is 5.57 Å². The second kappa shape index (κ2) is 6.72. The van der Waals surface area contributed by atoms with E-state index in [1.807, 2.05) is 0 Å². The van der Waals surface area contributed by atoms with E-state index in [0.717, 1.165) is 25.6 Å². The molecule has 1 heterocycles. The molecule has 0 radical (unpaired) electrons. The van der Waals surface area contributed by atoms with Crippen LogP contribution in [0.1, 0.15) is 32.1 Å². The fourth-order valence-corrected chi connectivity index (χ4v) is 2.04. The number of rotatable bonds is 3. The van der Waals surface area contributed by atoms with E-state index in [1.165, 1.54) is 32.1 Å². The van der Waals surface area contributed by atoms with Crippen molar-refractivity contribution in [3.8, 4) is 0 Å². The summed E-state index contributed by atoms with van der Waals surface area (Å²) in [5.41, 5.74) is 1.64. The number of hydrogen-bond donors (Lipinski definition) is 3. The SMILES string of the molecule is C1=C(CCNC2=[NH+]CCN2)CCCC1.[Cl-]. The molecule has 3 N–H and O–H groups in total. The Hall–Kier alpha value is -0.700. The van der Waals surface area contributed by atoms with Gasteiger partial charge in [0.2, 0.25) is 0 Å². The Kier molecular flexibility index (Phi) is 5.54. The largest absolute Gasteiger partial charge is 1.00 e. The molecule has 0 amide bonds. The van der Waals surface area contributed by atoms with E-state index in [9.17, 15) is 0 Å². The van der Waals surface area contributed by atoms with Gasteiger partial charge in [-0.2, -0.15) is 0 Å². The molecule has 1 aliphatic heterocycles. The second-order valence-corrected chi connectivity index (χ2v) is 4.01. The summed E-state index contributed by atoms with van der Waals surface area (Å²) in [7, 11) is 0.